The average molecular weight is 329 g/mol. The Kier molecular flexibility index (Phi) is 4.15. The number of aliphatic imine (C=N–C) groups is 2. The van der Waals surface area contributed by atoms with Crippen molar-refractivity contribution in [1.82, 2.24) is 0 Å². The summed E-state index contributed by atoms with van der Waals surface area (Å²) in [4.78, 5) is 10.8. The molecule has 1 fully saturated rings. The monoisotopic (exact) mass is 329 g/mol. The molecule has 0 saturated heterocycles. The quantitative estimate of drug-likeness (QED) is 0.776. The predicted octanol–water partition coefficient (Wildman–Crippen LogP) is 2.93. The number of aromatic hydroxyl groups is 1. The van der Waals surface area contributed by atoms with E-state index in [1.54, 1.807) is 0 Å². The van der Waals surface area contributed by atoms with Crippen molar-refractivity contribution >= 4 is 17.6 Å². The lowest BCUT2D eigenvalue weighted by atomic mass is 9.86. The second kappa shape index (κ2) is 6.00. The molecule has 0 unspecified atom stereocenters. The molecule has 1 heterocycles. The summed E-state index contributed by atoms with van der Waals surface area (Å²) in [6, 6.07) is 4.00. The highest BCUT2D eigenvalue weighted by atomic mass is 16.3. The van der Waals surface area contributed by atoms with E-state index in [0.717, 1.165) is 36.8 Å². The normalized spacial score (nSPS) is 20.2. The maximum Gasteiger partial charge on any atom is 0.220 e. The number of nitrogens with zero attached hydrogens (tertiary/aromatic N) is 3. The van der Waals surface area contributed by atoms with E-state index in [1.807, 2.05) is 24.0 Å². The number of hydrogen-bond acceptors (Lipinski definition) is 6. The molecule has 5 N–H and O–H groups in total. The fourth-order valence-electron chi connectivity index (χ4n) is 3.89. The second-order valence-electron chi connectivity index (χ2n) is 7.14. The molecule has 0 amide bonds. The molecule has 1 aromatic carbocycles. The van der Waals surface area contributed by atoms with Crippen LogP contribution >= 0.6 is 0 Å². The summed E-state index contributed by atoms with van der Waals surface area (Å²) in [6.07, 6.45) is 5.01. The summed E-state index contributed by atoms with van der Waals surface area (Å²) < 4.78 is 0. The van der Waals surface area contributed by atoms with Crippen LogP contribution < -0.4 is 16.4 Å². The third-order valence-corrected chi connectivity index (χ3v) is 5.08. The zero-order chi connectivity index (χ0) is 17.5. The Bertz CT molecular complexity index is 702. The number of nitrogens with two attached hydrogens (primary N) is 2. The topological polar surface area (TPSA) is 100 Å². The van der Waals surface area contributed by atoms with Gasteiger partial charge < -0.3 is 16.6 Å². The molecule has 0 radical (unpaired) electrons. The molecule has 1 aliphatic carbocycles. The minimum atomic E-state index is -0.536. The van der Waals surface area contributed by atoms with Gasteiger partial charge in [-0.05, 0) is 49.7 Å². The minimum absolute atomic E-state index is 0.211. The lowest BCUT2D eigenvalue weighted by Crippen LogP contribution is -2.58. The van der Waals surface area contributed by atoms with Gasteiger partial charge in [0.15, 0.2) is 0 Å². The molecule has 6 heteroatoms. The highest BCUT2D eigenvalue weighted by Gasteiger charge is 2.44. The van der Waals surface area contributed by atoms with Gasteiger partial charge in [0, 0.05) is 0 Å². The Balaban J connectivity index is 2.19. The Morgan fingerprint density at radius 2 is 1.83 bits per heavy atom. The van der Waals surface area contributed by atoms with Gasteiger partial charge in [-0.15, -0.1) is 0 Å². The van der Waals surface area contributed by atoms with E-state index in [2.05, 4.69) is 23.8 Å². The maximum atomic E-state index is 11.0. The van der Waals surface area contributed by atoms with E-state index in [1.165, 1.54) is 6.42 Å². The van der Waals surface area contributed by atoms with Crippen molar-refractivity contribution in [3.63, 3.8) is 0 Å². The van der Waals surface area contributed by atoms with E-state index >= 15 is 0 Å². The van der Waals surface area contributed by atoms with Crippen molar-refractivity contribution in [1.29, 1.82) is 0 Å². The van der Waals surface area contributed by atoms with Gasteiger partial charge in [0.1, 0.15) is 11.4 Å². The molecule has 1 spiro atoms. The zero-order valence-electron chi connectivity index (χ0n) is 14.7. The van der Waals surface area contributed by atoms with Gasteiger partial charge in [0.05, 0.1) is 5.69 Å². The molecular weight excluding hydrogens is 302 g/mol. The Labute approximate surface area is 143 Å². The molecule has 24 heavy (non-hydrogen) atoms. The SMILES string of the molecule is Cc1ccc(C(C)C)c(O)c1N1C(N)=NC(N)=NC12CCCCC2. The van der Waals surface area contributed by atoms with Crippen LogP contribution in [0.15, 0.2) is 22.1 Å². The van der Waals surface area contributed by atoms with Crippen LogP contribution in [0.25, 0.3) is 0 Å². The van der Waals surface area contributed by atoms with Crippen LogP contribution in [0.3, 0.4) is 0 Å². The largest absolute Gasteiger partial charge is 0.505 e. The molecule has 0 bridgehead atoms. The molecule has 1 aromatic rings. The molecule has 1 saturated carbocycles. The summed E-state index contributed by atoms with van der Waals surface area (Å²) in [5.74, 6) is 1.01. The van der Waals surface area contributed by atoms with E-state index in [0.29, 0.717) is 11.6 Å². The Morgan fingerprint density at radius 3 is 2.46 bits per heavy atom. The molecule has 0 aromatic heterocycles. The lowest BCUT2D eigenvalue weighted by molar-refractivity contribution is 0.303. The summed E-state index contributed by atoms with van der Waals surface area (Å²) in [7, 11) is 0. The number of aryl methyl sites for hydroxylation is 1. The Hall–Kier alpha value is -2.24. The van der Waals surface area contributed by atoms with Gasteiger partial charge in [0.2, 0.25) is 11.9 Å². The van der Waals surface area contributed by atoms with Crippen LogP contribution in [0.4, 0.5) is 5.69 Å². The van der Waals surface area contributed by atoms with Crippen molar-refractivity contribution in [2.75, 3.05) is 4.90 Å². The van der Waals surface area contributed by atoms with Crippen molar-refractivity contribution in [2.24, 2.45) is 21.5 Å². The van der Waals surface area contributed by atoms with Crippen LogP contribution in [-0.2, 0) is 0 Å². The van der Waals surface area contributed by atoms with Gasteiger partial charge >= 0.3 is 0 Å². The third-order valence-electron chi connectivity index (χ3n) is 5.08. The molecule has 130 valence electrons. The zero-order valence-corrected chi connectivity index (χ0v) is 14.7. The minimum Gasteiger partial charge on any atom is -0.505 e. The van der Waals surface area contributed by atoms with E-state index < -0.39 is 5.66 Å². The van der Waals surface area contributed by atoms with Gasteiger partial charge in [-0.1, -0.05) is 32.4 Å². The number of phenols is 1. The fraction of sp³-hybridized carbons (Fsp3) is 0.556. The van der Waals surface area contributed by atoms with E-state index in [4.69, 9.17) is 11.5 Å². The predicted molar refractivity (Wildman–Crippen MR) is 98.5 cm³/mol. The van der Waals surface area contributed by atoms with Gasteiger partial charge in [-0.25, -0.2) is 4.99 Å². The highest BCUT2D eigenvalue weighted by Crippen LogP contribution is 2.45. The molecule has 6 nitrogen and oxygen atoms in total. The first-order valence-electron chi connectivity index (χ1n) is 8.68. The molecule has 1 aliphatic heterocycles. The first-order chi connectivity index (χ1) is 11.4. The molecule has 0 atom stereocenters. The number of anilines is 1. The second-order valence-corrected chi connectivity index (χ2v) is 7.14. The van der Waals surface area contributed by atoms with Gasteiger partial charge in [0.25, 0.3) is 0 Å². The maximum absolute atomic E-state index is 11.0. The summed E-state index contributed by atoms with van der Waals surface area (Å²) in [5.41, 5.74) is 14.2. The number of phenolic OH excluding ortho intramolecular Hbond substituents is 1. The van der Waals surface area contributed by atoms with Gasteiger partial charge in [-0.3, -0.25) is 4.90 Å². The van der Waals surface area contributed by atoms with Crippen LogP contribution in [-0.4, -0.2) is 22.7 Å². The van der Waals surface area contributed by atoms with Crippen LogP contribution in [0.1, 0.15) is 63.0 Å². The standard InChI is InChI=1S/C18H27N5O/c1-11(2)13-8-7-12(3)14(15(13)24)23-17(20)21-16(19)22-18(23)9-5-4-6-10-18/h7-8,11,24H,4-6,9-10H2,1-3H3,(H4,19,20,21,22). The van der Waals surface area contributed by atoms with Crippen molar-refractivity contribution in [2.45, 2.75) is 64.5 Å². The van der Waals surface area contributed by atoms with Crippen molar-refractivity contribution < 1.29 is 5.11 Å². The fourth-order valence-corrected chi connectivity index (χ4v) is 3.89. The highest BCUT2D eigenvalue weighted by molar-refractivity contribution is 6.06. The van der Waals surface area contributed by atoms with Crippen LogP contribution in [0.5, 0.6) is 5.75 Å². The van der Waals surface area contributed by atoms with Crippen molar-refractivity contribution in [3.05, 3.63) is 23.3 Å². The molecule has 2 aliphatic rings. The summed E-state index contributed by atoms with van der Waals surface area (Å²) >= 11 is 0. The average Bonchev–Trinajstić information content (AvgIpc) is 2.50. The lowest BCUT2D eigenvalue weighted by Gasteiger charge is -2.46. The first kappa shape index (κ1) is 16.6. The van der Waals surface area contributed by atoms with E-state index in [-0.39, 0.29) is 17.6 Å². The Morgan fingerprint density at radius 1 is 1.17 bits per heavy atom. The third kappa shape index (κ3) is 2.60. The van der Waals surface area contributed by atoms with Crippen molar-refractivity contribution in [3.8, 4) is 5.75 Å². The smallest absolute Gasteiger partial charge is 0.220 e. The number of benzene rings is 1. The van der Waals surface area contributed by atoms with Gasteiger partial charge in [-0.2, -0.15) is 4.99 Å². The molecule has 3 rings (SSSR count). The molecular formula is C18H27N5O. The van der Waals surface area contributed by atoms with E-state index in [9.17, 15) is 5.11 Å². The number of guanidine groups is 2. The summed E-state index contributed by atoms with van der Waals surface area (Å²) in [5, 5.41) is 11.0. The summed E-state index contributed by atoms with van der Waals surface area (Å²) in [6.45, 7) is 6.10. The number of rotatable bonds is 2. The van der Waals surface area contributed by atoms with Crippen LogP contribution in [0.2, 0.25) is 0 Å². The number of hydrogen-bond donors (Lipinski definition) is 3. The van der Waals surface area contributed by atoms with Crippen LogP contribution in [0, 0.1) is 6.92 Å². The first-order valence-corrected chi connectivity index (χ1v) is 8.68.